The molecule has 7 heteroatoms. The van der Waals surface area contributed by atoms with Crippen LogP contribution in [0.5, 0.6) is 0 Å². The first kappa shape index (κ1) is 21.1. The molecule has 0 rings (SSSR count). The van der Waals surface area contributed by atoms with Crippen molar-refractivity contribution < 1.29 is 30.0 Å². The van der Waals surface area contributed by atoms with Crippen LogP contribution >= 0.6 is 0 Å². The third-order valence-corrected chi connectivity index (χ3v) is 1.43. The number of aliphatic carboxylic acids is 2. The number of nitrogens with zero attached hydrogens (tertiary/aromatic N) is 1. The topological polar surface area (TPSA) is 107 Å². The Kier molecular flexibility index (Phi) is 21.4. The van der Waals surface area contributed by atoms with Gasteiger partial charge in [-0.05, 0) is 13.8 Å². The number of hydrogen-bond acceptors (Lipinski definition) is 5. The van der Waals surface area contributed by atoms with E-state index in [1.807, 2.05) is 13.8 Å². The molecule has 0 unspecified atom stereocenters. The fourth-order valence-corrected chi connectivity index (χ4v) is 0.339. The lowest BCUT2D eigenvalue weighted by atomic mass is 10.5. The number of carbonyl (C=O) groups is 2. The molecule has 0 aliphatic carbocycles. The number of hydrogen-bond donors (Lipinski definition) is 3. The minimum atomic E-state index is -0.745. The Labute approximate surface area is 101 Å². The van der Waals surface area contributed by atoms with Crippen LogP contribution in [0.25, 0.3) is 0 Å². The van der Waals surface area contributed by atoms with Crippen LogP contribution in [0.1, 0.15) is 40.5 Å². The van der Waals surface area contributed by atoms with Gasteiger partial charge in [-0.2, -0.15) is 5.06 Å². The fourth-order valence-electron chi connectivity index (χ4n) is 0.339. The van der Waals surface area contributed by atoms with Gasteiger partial charge in [-0.15, -0.1) is 4.99 Å². The molecule has 0 bridgehead atoms. The standard InChI is InChI=1S/C4H11NO2.2C3H6O2/c1-3-5(4-2)7-6;2*1-2-3(4)5/h6H,3-4H2,1-2H3;2*2H2,1H3,(H,4,5). The van der Waals surface area contributed by atoms with Crippen molar-refractivity contribution in [3.8, 4) is 0 Å². The minimum absolute atomic E-state index is 0.222. The minimum Gasteiger partial charge on any atom is -0.481 e. The first-order valence-corrected chi connectivity index (χ1v) is 5.39. The van der Waals surface area contributed by atoms with Crippen molar-refractivity contribution in [3.05, 3.63) is 0 Å². The summed E-state index contributed by atoms with van der Waals surface area (Å²) in [5.41, 5.74) is 0. The van der Waals surface area contributed by atoms with Crippen molar-refractivity contribution in [1.82, 2.24) is 5.06 Å². The molecule has 0 aliphatic rings. The zero-order chi connectivity index (χ0) is 14.3. The van der Waals surface area contributed by atoms with Crippen molar-refractivity contribution in [1.29, 1.82) is 0 Å². The van der Waals surface area contributed by atoms with Gasteiger partial charge in [0.05, 0.1) is 0 Å². The Morgan fingerprint density at radius 3 is 1.18 bits per heavy atom. The van der Waals surface area contributed by atoms with Gasteiger partial charge in [-0.1, -0.05) is 13.8 Å². The third-order valence-electron chi connectivity index (χ3n) is 1.43. The fraction of sp³-hybridized carbons (Fsp3) is 0.800. The van der Waals surface area contributed by atoms with Crippen LogP contribution in [0.3, 0.4) is 0 Å². The Bertz CT molecular complexity index is 162. The number of carboxylic acid groups (broad SMARTS) is 2. The zero-order valence-electron chi connectivity index (χ0n) is 10.8. The Balaban J connectivity index is -0.000000177. The van der Waals surface area contributed by atoms with E-state index in [1.54, 1.807) is 13.8 Å². The molecule has 104 valence electrons. The molecule has 17 heavy (non-hydrogen) atoms. The normalized spacial score (nSPS) is 8.59. The second kappa shape index (κ2) is 17.2. The molecule has 0 amide bonds. The van der Waals surface area contributed by atoms with Crippen LogP contribution < -0.4 is 0 Å². The van der Waals surface area contributed by atoms with Crippen molar-refractivity contribution in [2.45, 2.75) is 40.5 Å². The molecule has 3 N–H and O–H groups in total. The average Bonchev–Trinajstić information content (AvgIpc) is 2.32. The maximum atomic E-state index is 9.37. The molecular formula is C10H23NO6. The molecule has 7 nitrogen and oxygen atoms in total. The number of carboxylic acids is 2. The van der Waals surface area contributed by atoms with Gasteiger partial charge in [0.25, 0.3) is 0 Å². The van der Waals surface area contributed by atoms with Crippen LogP contribution in [-0.4, -0.2) is 45.6 Å². The van der Waals surface area contributed by atoms with E-state index >= 15 is 0 Å². The van der Waals surface area contributed by atoms with E-state index in [-0.39, 0.29) is 12.8 Å². The summed E-state index contributed by atoms with van der Waals surface area (Å²) in [7, 11) is 0. The van der Waals surface area contributed by atoms with Crippen LogP contribution in [-0.2, 0) is 14.6 Å². The summed E-state index contributed by atoms with van der Waals surface area (Å²) in [6, 6.07) is 0. The van der Waals surface area contributed by atoms with Gasteiger partial charge in [0.15, 0.2) is 0 Å². The van der Waals surface area contributed by atoms with Crippen LogP contribution in [0, 0.1) is 0 Å². The molecule has 0 spiro atoms. The maximum absolute atomic E-state index is 9.37. The highest BCUT2D eigenvalue weighted by molar-refractivity contribution is 5.66. The summed E-state index contributed by atoms with van der Waals surface area (Å²) in [5, 5.41) is 24.8. The molecule has 0 fully saturated rings. The lowest BCUT2D eigenvalue weighted by molar-refractivity contribution is -0.394. The Morgan fingerprint density at radius 2 is 1.18 bits per heavy atom. The molecule has 0 radical (unpaired) electrons. The van der Waals surface area contributed by atoms with Crippen LogP contribution in [0.2, 0.25) is 0 Å². The van der Waals surface area contributed by atoms with E-state index in [9.17, 15) is 9.59 Å². The summed E-state index contributed by atoms with van der Waals surface area (Å²) in [6.45, 7) is 8.43. The summed E-state index contributed by atoms with van der Waals surface area (Å²) < 4.78 is 0. The van der Waals surface area contributed by atoms with Gasteiger partial charge in [-0.25, -0.2) is 5.26 Å². The number of rotatable bonds is 5. The maximum Gasteiger partial charge on any atom is 0.303 e. The Hall–Kier alpha value is -1.18. The van der Waals surface area contributed by atoms with Gasteiger partial charge >= 0.3 is 11.9 Å². The van der Waals surface area contributed by atoms with Crippen molar-refractivity contribution in [2.24, 2.45) is 0 Å². The van der Waals surface area contributed by atoms with Gasteiger partial charge in [-0.3, -0.25) is 9.59 Å². The first-order chi connectivity index (χ1) is 7.89. The second-order valence-corrected chi connectivity index (χ2v) is 2.69. The molecule has 0 aromatic rings. The molecule has 0 aromatic carbocycles. The first-order valence-electron chi connectivity index (χ1n) is 5.39. The predicted molar refractivity (Wildman–Crippen MR) is 62.5 cm³/mol. The number of hydroxylamine groups is 2. The van der Waals surface area contributed by atoms with Crippen LogP contribution in [0.4, 0.5) is 0 Å². The van der Waals surface area contributed by atoms with Gasteiger partial charge < -0.3 is 10.2 Å². The highest BCUT2D eigenvalue weighted by Crippen LogP contribution is 1.81. The summed E-state index contributed by atoms with van der Waals surface area (Å²) in [5.74, 6) is -1.49. The summed E-state index contributed by atoms with van der Waals surface area (Å²) in [6.07, 6.45) is 0.444. The molecule has 0 aliphatic heterocycles. The van der Waals surface area contributed by atoms with E-state index in [1.165, 1.54) is 5.06 Å². The van der Waals surface area contributed by atoms with Gasteiger partial charge in [0.1, 0.15) is 0 Å². The van der Waals surface area contributed by atoms with Crippen LogP contribution in [0.15, 0.2) is 0 Å². The smallest absolute Gasteiger partial charge is 0.303 e. The highest BCUT2D eigenvalue weighted by atomic mass is 17.2. The molecular weight excluding hydrogens is 230 g/mol. The van der Waals surface area contributed by atoms with E-state index < -0.39 is 11.9 Å². The summed E-state index contributed by atoms with van der Waals surface area (Å²) >= 11 is 0. The lowest BCUT2D eigenvalue weighted by Gasteiger charge is -2.09. The predicted octanol–water partition coefficient (Wildman–Crippen LogP) is 1.69. The van der Waals surface area contributed by atoms with Gasteiger partial charge in [0.2, 0.25) is 0 Å². The monoisotopic (exact) mass is 253 g/mol. The SMILES string of the molecule is CCC(=O)O.CCC(=O)O.CCN(CC)OO. The quantitative estimate of drug-likeness (QED) is 0.505. The second-order valence-electron chi connectivity index (χ2n) is 2.69. The van der Waals surface area contributed by atoms with Gasteiger partial charge in [0, 0.05) is 25.9 Å². The highest BCUT2D eigenvalue weighted by Gasteiger charge is 1.92. The summed E-state index contributed by atoms with van der Waals surface area (Å²) in [4.78, 5) is 22.6. The van der Waals surface area contributed by atoms with Crippen molar-refractivity contribution in [3.63, 3.8) is 0 Å². The molecule has 0 atom stereocenters. The Morgan fingerprint density at radius 1 is 0.941 bits per heavy atom. The molecule has 0 saturated carbocycles. The molecule has 0 heterocycles. The van der Waals surface area contributed by atoms with Crippen molar-refractivity contribution in [2.75, 3.05) is 13.1 Å². The van der Waals surface area contributed by atoms with Crippen molar-refractivity contribution >= 4 is 11.9 Å². The lowest BCUT2D eigenvalue weighted by Crippen LogP contribution is -2.20. The third kappa shape index (κ3) is 31.3. The average molecular weight is 253 g/mol. The molecule has 0 saturated heterocycles. The largest absolute Gasteiger partial charge is 0.481 e. The van der Waals surface area contributed by atoms with E-state index in [4.69, 9.17) is 15.5 Å². The zero-order valence-corrected chi connectivity index (χ0v) is 10.8. The van der Waals surface area contributed by atoms with E-state index in [0.717, 1.165) is 0 Å². The van der Waals surface area contributed by atoms with E-state index in [0.29, 0.717) is 13.1 Å². The van der Waals surface area contributed by atoms with E-state index in [2.05, 4.69) is 4.99 Å². The molecule has 0 aromatic heterocycles.